The molecule has 1 unspecified atom stereocenters. The number of nitrogens with one attached hydrogen (secondary N) is 1. The summed E-state index contributed by atoms with van der Waals surface area (Å²) in [5.41, 5.74) is 0.835. The van der Waals surface area contributed by atoms with E-state index in [1.165, 1.54) is 37.9 Å². The first kappa shape index (κ1) is 10.4. The van der Waals surface area contributed by atoms with Gasteiger partial charge in [-0.2, -0.15) is 4.39 Å². The quantitative estimate of drug-likeness (QED) is 0.771. The highest BCUT2D eigenvalue weighted by Gasteiger charge is 2.21. The summed E-state index contributed by atoms with van der Waals surface area (Å²) >= 11 is 0. The molecule has 1 fully saturated rings. The third-order valence-electron chi connectivity index (χ3n) is 3.23. The van der Waals surface area contributed by atoms with Gasteiger partial charge in [0.05, 0.1) is 0 Å². The molecule has 0 saturated heterocycles. The largest absolute Gasteiger partial charge is 0.382 e. The molecule has 1 atom stereocenters. The molecule has 1 aliphatic carbocycles. The second-order valence-corrected chi connectivity index (χ2v) is 4.34. The molecular weight excluding hydrogens is 191 g/mol. The summed E-state index contributed by atoms with van der Waals surface area (Å²) in [6.07, 6.45) is 6.76. The summed E-state index contributed by atoms with van der Waals surface area (Å²) in [5.74, 6) is 0.319. The Balaban J connectivity index is 1.95. The van der Waals surface area contributed by atoms with E-state index in [1.807, 2.05) is 6.07 Å². The number of pyridine rings is 1. The summed E-state index contributed by atoms with van der Waals surface area (Å²) in [5, 5.41) is 3.34. The fraction of sp³-hybridized carbons (Fsp3) is 0.583. The molecule has 1 heterocycles. The zero-order valence-electron chi connectivity index (χ0n) is 9.04. The molecule has 0 bridgehead atoms. The number of aromatic nitrogens is 1. The third kappa shape index (κ3) is 2.67. The maximum absolute atomic E-state index is 12.8. The standard InChI is InChI=1S/C12H17FN2/c1-9(10-4-2-3-5-10)15-11-6-7-14-12(13)8-11/h6-10H,2-5H2,1H3,(H,14,15). The lowest BCUT2D eigenvalue weighted by atomic mass is 10.00. The van der Waals surface area contributed by atoms with Crippen LogP contribution in [0.25, 0.3) is 0 Å². The third-order valence-corrected chi connectivity index (χ3v) is 3.23. The fourth-order valence-electron chi connectivity index (χ4n) is 2.33. The van der Waals surface area contributed by atoms with E-state index in [1.54, 1.807) is 0 Å². The van der Waals surface area contributed by atoms with Gasteiger partial charge >= 0.3 is 0 Å². The zero-order valence-corrected chi connectivity index (χ0v) is 9.04. The molecule has 2 rings (SSSR count). The molecule has 0 radical (unpaired) electrons. The minimum Gasteiger partial charge on any atom is -0.382 e. The van der Waals surface area contributed by atoms with Crippen molar-refractivity contribution in [2.24, 2.45) is 5.92 Å². The summed E-state index contributed by atoms with van der Waals surface area (Å²) in [4.78, 5) is 3.54. The van der Waals surface area contributed by atoms with Crippen LogP contribution < -0.4 is 5.32 Å². The first-order valence-electron chi connectivity index (χ1n) is 5.64. The molecule has 0 spiro atoms. The lowest BCUT2D eigenvalue weighted by molar-refractivity contribution is 0.481. The molecule has 1 saturated carbocycles. The zero-order chi connectivity index (χ0) is 10.7. The molecule has 3 heteroatoms. The smallest absolute Gasteiger partial charge is 0.214 e. The van der Waals surface area contributed by atoms with Crippen molar-refractivity contribution in [1.29, 1.82) is 0 Å². The molecule has 2 nitrogen and oxygen atoms in total. The first-order chi connectivity index (χ1) is 7.25. The number of nitrogens with zero attached hydrogens (tertiary/aromatic N) is 1. The fourth-order valence-corrected chi connectivity index (χ4v) is 2.33. The van der Waals surface area contributed by atoms with Gasteiger partial charge in [0, 0.05) is 24.0 Å². The molecule has 0 aromatic carbocycles. The van der Waals surface area contributed by atoms with Gasteiger partial charge in [-0.15, -0.1) is 0 Å². The van der Waals surface area contributed by atoms with E-state index >= 15 is 0 Å². The highest BCUT2D eigenvalue weighted by atomic mass is 19.1. The molecule has 82 valence electrons. The van der Waals surface area contributed by atoms with Crippen LogP contribution in [0.2, 0.25) is 0 Å². The average Bonchev–Trinajstić information content (AvgIpc) is 2.70. The van der Waals surface area contributed by atoms with Crippen LogP contribution in [-0.4, -0.2) is 11.0 Å². The van der Waals surface area contributed by atoms with Gasteiger partial charge in [-0.05, 0) is 31.7 Å². The van der Waals surface area contributed by atoms with E-state index in [0.717, 1.165) is 11.6 Å². The normalized spacial score (nSPS) is 19.1. The van der Waals surface area contributed by atoms with Crippen LogP contribution in [0.3, 0.4) is 0 Å². The maximum Gasteiger partial charge on any atom is 0.214 e. The monoisotopic (exact) mass is 208 g/mol. The molecule has 1 aromatic rings. The van der Waals surface area contributed by atoms with Crippen molar-refractivity contribution >= 4 is 5.69 Å². The average molecular weight is 208 g/mol. The second kappa shape index (κ2) is 4.60. The van der Waals surface area contributed by atoms with Crippen molar-refractivity contribution in [2.75, 3.05) is 5.32 Å². The van der Waals surface area contributed by atoms with Gasteiger partial charge in [0.1, 0.15) is 0 Å². The molecule has 0 aliphatic heterocycles. The minimum atomic E-state index is -0.418. The SMILES string of the molecule is CC(Nc1ccnc(F)c1)C1CCCC1. The van der Waals surface area contributed by atoms with Gasteiger partial charge in [0.2, 0.25) is 5.95 Å². The van der Waals surface area contributed by atoms with Gasteiger partial charge < -0.3 is 5.32 Å². The van der Waals surface area contributed by atoms with E-state index in [4.69, 9.17) is 0 Å². The first-order valence-corrected chi connectivity index (χ1v) is 5.64. The van der Waals surface area contributed by atoms with Gasteiger partial charge in [0.15, 0.2) is 0 Å². The molecule has 1 N–H and O–H groups in total. The Kier molecular flexibility index (Phi) is 3.19. The Morgan fingerprint density at radius 3 is 2.87 bits per heavy atom. The lowest BCUT2D eigenvalue weighted by Gasteiger charge is -2.21. The van der Waals surface area contributed by atoms with E-state index in [9.17, 15) is 4.39 Å². The summed E-state index contributed by atoms with van der Waals surface area (Å²) in [7, 11) is 0. The van der Waals surface area contributed by atoms with E-state index < -0.39 is 5.95 Å². The predicted molar refractivity (Wildman–Crippen MR) is 59.2 cm³/mol. The summed E-state index contributed by atoms with van der Waals surface area (Å²) in [6, 6.07) is 3.69. The van der Waals surface area contributed by atoms with Gasteiger partial charge in [0.25, 0.3) is 0 Å². The Hall–Kier alpha value is -1.12. The van der Waals surface area contributed by atoms with Gasteiger partial charge in [-0.25, -0.2) is 4.98 Å². The van der Waals surface area contributed by atoms with Gasteiger partial charge in [-0.3, -0.25) is 0 Å². The second-order valence-electron chi connectivity index (χ2n) is 4.34. The van der Waals surface area contributed by atoms with E-state index in [0.29, 0.717) is 6.04 Å². The number of halogens is 1. The summed E-state index contributed by atoms with van der Waals surface area (Å²) in [6.45, 7) is 2.17. The lowest BCUT2D eigenvalue weighted by Crippen LogP contribution is -2.23. The van der Waals surface area contributed by atoms with Crippen LogP contribution in [0, 0.1) is 11.9 Å². The molecule has 15 heavy (non-hydrogen) atoms. The van der Waals surface area contributed by atoms with Gasteiger partial charge in [-0.1, -0.05) is 12.8 Å². The molecular formula is C12H17FN2. The summed E-state index contributed by atoms with van der Waals surface area (Å²) < 4.78 is 12.8. The molecule has 1 aliphatic rings. The number of anilines is 1. The number of hydrogen-bond donors (Lipinski definition) is 1. The van der Waals surface area contributed by atoms with Crippen molar-refractivity contribution in [3.63, 3.8) is 0 Å². The van der Waals surface area contributed by atoms with Crippen molar-refractivity contribution in [2.45, 2.75) is 38.6 Å². The van der Waals surface area contributed by atoms with Crippen molar-refractivity contribution in [3.8, 4) is 0 Å². The predicted octanol–water partition coefficient (Wildman–Crippen LogP) is 3.21. The van der Waals surface area contributed by atoms with Crippen LogP contribution in [0.1, 0.15) is 32.6 Å². The van der Waals surface area contributed by atoms with Crippen LogP contribution >= 0.6 is 0 Å². The molecule has 1 aromatic heterocycles. The number of hydrogen-bond acceptors (Lipinski definition) is 2. The maximum atomic E-state index is 12.8. The number of rotatable bonds is 3. The highest BCUT2D eigenvalue weighted by Crippen LogP contribution is 2.29. The Morgan fingerprint density at radius 2 is 2.20 bits per heavy atom. The van der Waals surface area contributed by atoms with E-state index in [2.05, 4.69) is 17.2 Å². The van der Waals surface area contributed by atoms with Crippen molar-refractivity contribution in [1.82, 2.24) is 4.98 Å². The topological polar surface area (TPSA) is 24.9 Å². The van der Waals surface area contributed by atoms with Crippen LogP contribution in [-0.2, 0) is 0 Å². The Morgan fingerprint density at radius 1 is 1.47 bits per heavy atom. The highest BCUT2D eigenvalue weighted by molar-refractivity contribution is 5.42. The van der Waals surface area contributed by atoms with Crippen LogP contribution in [0.5, 0.6) is 0 Å². The van der Waals surface area contributed by atoms with Crippen molar-refractivity contribution in [3.05, 3.63) is 24.3 Å². The Bertz CT molecular complexity index is 321. The van der Waals surface area contributed by atoms with Crippen LogP contribution in [0.15, 0.2) is 18.3 Å². The van der Waals surface area contributed by atoms with Crippen LogP contribution in [0.4, 0.5) is 10.1 Å². The van der Waals surface area contributed by atoms with E-state index in [-0.39, 0.29) is 0 Å². The minimum absolute atomic E-state index is 0.418. The molecule has 0 amide bonds. The Labute approximate surface area is 89.9 Å². The van der Waals surface area contributed by atoms with Crippen molar-refractivity contribution < 1.29 is 4.39 Å².